The molecule has 0 unspecified atom stereocenters. The zero-order chi connectivity index (χ0) is 24.0. The molecule has 33 heavy (non-hydrogen) atoms. The number of benzene rings is 2. The second-order valence-corrected chi connectivity index (χ2v) is 10.5. The number of rotatable bonds is 5. The van der Waals surface area contributed by atoms with Crippen LogP contribution >= 0.6 is 34.9 Å². The van der Waals surface area contributed by atoms with Gasteiger partial charge in [0, 0.05) is 10.6 Å². The van der Waals surface area contributed by atoms with Crippen LogP contribution in [0.5, 0.6) is 0 Å². The van der Waals surface area contributed by atoms with Gasteiger partial charge in [-0.1, -0.05) is 66.8 Å². The summed E-state index contributed by atoms with van der Waals surface area (Å²) in [5.74, 6) is 0. The molecule has 0 aliphatic rings. The molecule has 4 rings (SSSR count). The molecular formula is C23H26ClN5O2S2. The summed E-state index contributed by atoms with van der Waals surface area (Å²) in [6.45, 7) is 6.05. The van der Waals surface area contributed by atoms with E-state index >= 15 is 0 Å². The number of carbonyl (C=O) groups excluding carboxylic acids is 1. The topological polar surface area (TPSA) is 93.8 Å². The Bertz CT molecular complexity index is 1170. The first-order valence-corrected chi connectivity index (χ1v) is 12.6. The third-order valence-electron chi connectivity index (χ3n) is 5.07. The van der Waals surface area contributed by atoms with E-state index < -0.39 is 6.10 Å². The number of aliphatic hydroxyl groups is 1. The molecule has 0 fully saturated rings. The maximum absolute atomic E-state index is 11.4. The summed E-state index contributed by atoms with van der Waals surface area (Å²) >= 11 is 8.38. The van der Waals surface area contributed by atoms with E-state index in [1.165, 1.54) is 29.6 Å². The molecule has 1 N–H and O–H groups in total. The number of hydrogen-bond donors (Lipinski definition) is 1. The highest BCUT2D eigenvalue weighted by atomic mass is 35.5. The van der Waals surface area contributed by atoms with Gasteiger partial charge in [0.2, 0.25) is 5.12 Å². The third-order valence-corrected chi connectivity index (χ3v) is 6.68. The van der Waals surface area contributed by atoms with E-state index in [0.717, 1.165) is 15.8 Å². The number of thioether (sulfide) groups is 1. The molecule has 2 atom stereocenters. The third kappa shape index (κ3) is 6.60. The molecule has 0 radical (unpaired) electrons. The minimum atomic E-state index is -0.528. The van der Waals surface area contributed by atoms with Crippen molar-refractivity contribution >= 4 is 50.2 Å². The zero-order valence-electron chi connectivity index (χ0n) is 18.8. The molecule has 0 saturated heterocycles. The maximum atomic E-state index is 11.4. The van der Waals surface area contributed by atoms with Crippen molar-refractivity contribution < 1.29 is 9.90 Å². The highest BCUT2D eigenvalue weighted by Gasteiger charge is 2.32. The molecular weight excluding hydrogens is 478 g/mol. The van der Waals surface area contributed by atoms with Crippen molar-refractivity contribution in [3.63, 3.8) is 0 Å². The first kappa shape index (κ1) is 25.3. The SMILES string of the molecule is CC(C)(C)[C@@H](O)[C@@H](Cc1ccc(Cl)cc1)n1cncn1.CSC(=O)c1cccc2nnsc12. The van der Waals surface area contributed by atoms with E-state index in [-0.39, 0.29) is 16.6 Å². The average Bonchev–Trinajstić information content (AvgIpc) is 3.49. The second-order valence-electron chi connectivity index (χ2n) is 8.50. The number of aliphatic hydroxyl groups excluding tert-OH is 1. The van der Waals surface area contributed by atoms with Crippen molar-refractivity contribution in [2.24, 2.45) is 5.41 Å². The fourth-order valence-corrected chi connectivity index (χ4v) is 4.51. The molecule has 0 amide bonds. The van der Waals surface area contributed by atoms with Gasteiger partial charge in [0.25, 0.3) is 0 Å². The predicted octanol–water partition coefficient (Wildman–Crippen LogP) is 5.32. The minimum absolute atomic E-state index is 0.0663. The molecule has 0 saturated carbocycles. The Balaban J connectivity index is 0.000000203. The van der Waals surface area contributed by atoms with Crippen LogP contribution in [0.1, 0.15) is 42.7 Å². The average molecular weight is 504 g/mol. The van der Waals surface area contributed by atoms with E-state index in [9.17, 15) is 9.90 Å². The molecule has 2 aromatic heterocycles. The molecule has 0 spiro atoms. The van der Waals surface area contributed by atoms with Crippen molar-refractivity contribution in [2.45, 2.75) is 39.3 Å². The van der Waals surface area contributed by atoms with Gasteiger partial charge in [-0.15, -0.1) is 5.10 Å². The molecule has 2 aromatic carbocycles. The molecule has 4 aromatic rings. The number of hydrogen-bond acceptors (Lipinski definition) is 8. The number of nitrogens with zero attached hydrogens (tertiary/aromatic N) is 5. The first-order chi connectivity index (χ1) is 15.7. The summed E-state index contributed by atoms with van der Waals surface area (Å²) in [4.78, 5) is 15.4. The maximum Gasteiger partial charge on any atom is 0.220 e. The molecule has 0 aliphatic heterocycles. The van der Waals surface area contributed by atoms with Gasteiger partial charge in [0.1, 0.15) is 18.2 Å². The fourth-order valence-electron chi connectivity index (χ4n) is 3.25. The molecule has 2 heterocycles. The van der Waals surface area contributed by atoms with Crippen molar-refractivity contribution in [1.29, 1.82) is 0 Å². The first-order valence-electron chi connectivity index (χ1n) is 10.3. The van der Waals surface area contributed by atoms with Gasteiger partial charge in [-0.2, -0.15) is 5.10 Å². The van der Waals surface area contributed by atoms with Crippen LogP contribution in [0.2, 0.25) is 5.02 Å². The van der Waals surface area contributed by atoms with Crippen LogP contribution in [-0.4, -0.2) is 46.9 Å². The Morgan fingerprint density at radius 3 is 2.55 bits per heavy atom. The monoisotopic (exact) mass is 503 g/mol. The summed E-state index contributed by atoms with van der Waals surface area (Å²) in [6, 6.07) is 13.0. The predicted molar refractivity (Wildman–Crippen MR) is 135 cm³/mol. The molecule has 174 valence electrons. The Labute approximate surface area is 206 Å². The lowest BCUT2D eigenvalue weighted by Crippen LogP contribution is -2.37. The van der Waals surface area contributed by atoms with Gasteiger partial charge in [0.05, 0.1) is 16.8 Å². The van der Waals surface area contributed by atoms with Crippen molar-refractivity contribution in [1.82, 2.24) is 24.4 Å². The van der Waals surface area contributed by atoms with Crippen LogP contribution < -0.4 is 0 Å². The number of halogens is 1. The van der Waals surface area contributed by atoms with Crippen molar-refractivity contribution in [3.8, 4) is 0 Å². The van der Waals surface area contributed by atoms with Gasteiger partial charge in [0.15, 0.2) is 0 Å². The highest BCUT2D eigenvalue weighted by Crippen LogP contribution is 2.30. The summed E-state index contributed by atoms with van der Waals surface area (Å²) < 4.78 is 6.41. The van der Waals surface area contributed by atoms with E-state index in [1.54, 1.807) is 23.3 Å². The van der Waals surface area contributed by atoms with E-state index in [0.29, 0.717) is 17.0 Å². The van der Waals surface area contributed by atoms with Crippen LogP contribution in [0.25, 0.3) is 10.2 Å². The van der Waals surface area contributed by atoms with E-state index in [2.05, 4.69) is 19.7 Å². The van der Waals surface area contributed by atoms with Gasteiger partial charge < -0.3 is 5.11 Å². The standard InChI is InChI=1S/C15H20ClN3O.C8H6N2OS2/c1-15(2,3)14(20)13(19-10-17-9-18-19)8-11-4-6-12(16)7-5-11;1-12-8(11)5-3-2-4-6-7(5)13-10-9-6/h4-7,9-10,13-14,20H,8H2,1-3H3;2-4H,1H3/t13-,14+;/m1./s1. The summed E-state index contributed by atoms with van der Waals surface area (Å²) in [7, 11) is 0. The van der Waals surface area contributed by atoms with Gasteiger partial charge in [-0.3, -0.25) is 4.79 Å². The van der Waals surface area contributed by atoms with E-state index in [1.807, 2.05) is 57.2 Å². The van der Waals surface area contributed by atoms with Crippen LogP contribution in [0, 0.1) is 5.41 Å². The van der Waals surface area contributed by atoms with Crippen LogP contribution in [-0.2, 0) is 6.42 Å². The lowest BCUT2D eigenvalue weighted by atomic mass is 9.82. The smallest absolute Gasteiger partial charge is 0.220 e. The minimum Gasteiger partial charge on any atom is -0.390 e. The molecule has 0 bridgehead atoms. The summed E-state index contributed by atoms with van der Waals surface area (Å²) in [5, 5.41) is 19.5. The van der Waals surface area contributed by atoms with Gasteiger partial charge >= 0.3 is 0 Å². The largest absolute Gasteiger partial charge is 0.390 e. The molecule has 10 heteroatoms. The Morgan fingerprint density at radius 2 is 1.94 bits per heavy atom. The van der Waals surface area contributed by atoms with Crippen molar-refractivity contribution in [2.75, 3.05) is 6.26 Å². The van der Waals surface area contributed by atoms with Crippen LogP contribution in [0.3, 0.4) is 0 Å². The Morgan fingerprint density at radius 1 is 1.21 bits per heavy atom. The molecule has 7 nitrogen and oxygen atoms in total. The number of fused-ring (bicyclic) bond motifs is 1. The van der Waals surface area contributed by atoms with Gasteiger partial charge in [-0.25, -0.2) is 9.67 Å². The Kier molecular flexibility index (Phi) is 8.58. The van der Waals surface area contributed by atoms with Crippen LogP contribution in [0.15, 0.2) is 55.1 Å². The normalized spacial score (nSPS) is 13.3. The lowest BCUT2D eigenvalue weighted by Gasteiger charge is -2.33. The highest BCUT2D eigenvalue weighted by molar-refractivity contribution is 8.13. The van der Waals surface area contributed by atoms with Crippen molar-refractivity contribution in [3.05, 3.63) is 71.3 Å². The second kappa shape index (κ2) is 11.2. The fraction of sp³-hybridized carbons (Fsp3) is 0.348. The van der Waals surface area contributed by atoms with E-state index in [4.69, 9.17) is 11.6 Å². The number of aromatic nitrogens is 5. The summed E-state index contributed by atoms with van der Waals surface area (Å²) in [6.07, 6.45) is 5.06. The quantitative estimate of drug-likeness (QED) is 0.394. The lowest BCUT2D eigenvalue weighted by molar-refractivity contribution is 0.0124. The van der Waals surface area contributed by atoms with Gasteiger partial charge in [-0.05, 0) is 59.5 Å². The van der Waals surface area contributed by atoms with Crippen LogP contribution in [0.4, 0.5) is 0 Å². The zero-order valence-corrected chi connectivity index (χ0v) is 21.2. The Hall–Kier alpha value is -2.33. The number of carbonyl (C=O) groups is 1. The summed E-state index contributed by atoms with van der Waals surface area (Å²) in [5.41, 5.74) is 2.38. The molecule has 0 aliphatic carbocycles.